The third kappa shape index (κ3) is 6.61. The Morgan fingerprint density at radius 3 is 1.30 bits per heavy atom. The first-order valence-corrected chi connectivity index (χ1v) is 21.3. The van der Waals surface area contributed by atoms with Crippen molar-refractivity contribution in [2.75, 3.05) is 13.2 Å². The van der Waals surface area contributed by atoms with Crippen LogP contribution in [0, 0.1) is 69.0 Å². The quantitative estimate of drug-likeness (QED) is 0.248. The molecule has 0 spiro atoms. The molecule has 0 saturated heterocycles. The zero-order chi connectivity index (χ0) is 38.8. The van der Waals surface area contributed by atoms with Gasteiger partial charge in [0.15, 0.2) is 23.1 Å². The number of carbonyl (C=O) groups excluding carboxylic acids is 6. The Bertz CT molecular complexity index is 1530. The molecule has 0 unspecified atom stereocenters. The summed E-state index contributed by atoms with van der Waals surface area (Å²) in [4.78, 5) is 71.6. The first-order chi connectivity index (χ1) is 25.5. The lowest BCUT2D eigenvalue weighted by Crippen LogP contribution is -2.51. The molecule has 0 radical (unpaired) electrons. The van der Waals surface area contributed by atoms with Crippen LogP contribution in [0.15, 0.2) is 23.3 Å². The van der Waals surface area contributed by atoms with Crippen LogP contribution in [-0.2, 0) is 38.2 Å². The largest absolute Gasteiger partial charge is 0.458 e. The van der Waals surface area contributed by atoms with Gasteiger partial charge in [0, 0.05) is 38.5 Å². The zero-order valence-corrected chi connectivity index (χ0v) is 33.8. The Balaban J connectivity index is 0.000000167. The second kappa shape index (κ2) is 14.6. The van der Waals surface area contributed by atoms with Crippen molar-refractivity contribution in [1.82, 2.24) is 0 Å². The van der Waals surface area contributed by atoms with Crippen molar-refractivity contribution in [2.24, 2.45) is 69.0 Å². The van der Waals surface area contributed by atoms with Crippen molar-refractivity contribution in [3.05, 3.63) is 23.3 Å². The predicted molar refractivity (Wildman–Crippen MR) is 204 cm³/mol. The van der Waals surface area contributed by atoms with Gasteiger partial charge in [0.2, 0.25) is 0 Å². The van der Waals surface area contributed by atoms with Gasteiger partial charge in [-0.2, -0.15) is 0 Å². The van der Waals surface area contributed by atoms with Crippen LogP contribution in [0.5, 0.6) is 0 Å². The van der Waals surface area contributed by atoms with Crippen LogP contribution in [0.1, 0.15) is 144 Å². The van der Waals surface area contributed by atoms with Crippen molar-refractivity contribution in [1.29, 1.82) is 0 Å². The molecule has 8 heteroatoms. The monoisotopic (exact) mass is 744 g/mol. The maximum atomic E-state index is 12.8. The van der Waals surface area contributed by atoms with Gasteiger partial charge in [-0.3, -0.25) is 28.8 Å². The van der Waals surface area contributed by atoms with Gasteiger partial charge in [0.05, 0.1) is 0 Å². The molecule has 6 saturated carbocycles. The number of esters is 2. The minimum Gasteiger partial charge on any atom is -0.458 e. The van der Waals surface area contributed by atoms with E-state index in [2.05, 4.69) is 27.7 Å². The molecule has 0 N–H and O–H groups in total. The van der Waals surface area contributed by atoms with Crippen LogP contribution in [0.3, 0.4) is 0 Å². The maximum absolute atomic E-state index is 12.8. The number of allylic oxidation sites excluding steroid dienone is 2. The average molecular weight is 745 g/mol. The Labute approximate surface area is 322 Å². The summed E-state index contributed by atoms with van der Waals surface area (Å²) in [5.41, 5.74) is 3.23. The molecule has 0 heterocycles. The maximum Gasteiger partial charge on any atom is 0.303 e. The van der Waals surface area contributed by atoms with E-state index in [0.717, 1.165) is 89.9 Å². The molecule has 6 fully saturated rings. The van der Waals surface area contributed by atoms with E-state index in [-0.39, 0.29) is 70.2 Å². The summed E-state index contributed by atoms with van der Waals surface area (Å²) in [5, 5.41) is 0. The summed E-state index contributed by atoms with van der Waals surface area (Å²) in [6.45, 7) is 12.0. The summed E-state index contributed by atoms with van der Waals surface area (Å²) >= 11 is 0. The van der Waals surface area contributed by atoms with Crippen molar-refractivity contribution in [3.63, 3.8) is 0 Å². The predicted octanol–water partition coefficient (Wildman–Crippen LogP) is 8.53. The van der Waals surface area contributed by atoms with E-state index in [1.165, 1.54) is 25.0 Å². The van der Waals surface area contributed by atoms with E-state index < -0.39 is 0 Å². The number of ketones is 4. The number of hydrogen-bond acceptors (Lipinski definition) is 8. The number of rotatable bonds is 6. The van der Waals surface area contributed by atoms with E-state index in [1.54, 1.807) is 0 Å². The summed E-state index contributed by atoms with van der Waals surface area (Å²) in [6.07, 6.45) is 20.2. The lowest BCUT2D eigenvalue weighted by atomic mass is 9.46. The van der Waals surface area contributed by atoms with Gasteiger partial charge in [-0.1, -0.05) is 38.8 Å². The van der Waals surface area contributed by atoms with Crippen LogP contribution < -0.4 is 0 Å². The molecule has 54 heavy (non-hydrogen) atoms. The fraction of sp³-hybridized carbons (Fsp3) is 0.783. The summed E-state index contributed by atoms with van der Waals surface area (Å²) in [7, 11) is 0. The second-order valence-corrected chi connectivity index (χ2v) is 19.8. The molecule has 0 aliphatic heterocycles. The fourth-order valence-electron chi connectivity index (χ4n) is 14.7. The Morgan fingerprint density at radius 2 is 0.926 bits per heavy atom. The van der Waals surface area contributed by atoms with E-state index >= 15 is 0 Å². The van der Waals surface area contributed by atoms with Gasteiger partial charge in [0.25, 0.3) is 0 Å². The van der Waals surface area contributed by atoms with Crippen LogP contribution in [0.2, 0.25) is 0 Å². The van der Waals surface area contributed by atoms with Gasteiger partial charge < -0.3 is 9.47 Å². The Kier molecular flexibility index (Phi) is 10.6. The van der Waals surface area contributed by atoms with Gasteiger partial charge in [-0.05, 0) is 159 Å². The van der Waals surface area contributed by atoms with Gasteiger partial charge >= 0.3 is 11.9 Å². The lowest BCUT2D eigenvalue weighted by Gasteiger charge is -2.58. The lowest BCUT2D eigenvalue weighted by molar-refractivity contribution is -0.149. The molecule has 0 aromatic rings. The van der Waals surface area contributed by atoms with Crippen LogP contribution in [-0.4, -0.2) is 48.3 Å². The summed E-state index contributed by atoms with van der Waals surface area (Å²) < 4.78 is 10.0. The number of ether oxygens (including phenoxy) is 2. The van der Waals surface area contributed by atoms with E-state index in [9.17, 15) is 28.8 Å². The first kappa shape index (κ1) is 39.3. The fourth-order valence-corrected chi connectivity index (χ4v) is 14.7. The zero-order valence-electron chi connectivity index (χ0n) is 33.8. The molecule has 296 valence electrons. The van der Waals surface area contributed by atoms with E-state index in [0.29, 0.717) is 59.9 Å². The van der Waals surface area contributed by atoms with E-state index in [1.807, 2.05) is 12.2 Å². The van der Waals surface area contributed by atoms with Crippen LogP contribution in [0.4, 0.5) is 0 Å². The van der Waals surface area contributed by atoms with Crippen LogP contribution in [0.25, 0.3) is 0 Å². The highest BCUT2D eigenvalue weighted by atomic mass is 16.5. The molecule has 0 aromatic heterocycles. The minimum atomic E-state index is -0.377. The molecule has 8 nitrogen and oxygen atoms in total. The highest BCUT2D eigenvalue weighted by molar-refractivity contribution is 5.92. The SMILES string of the molecule is CC(=O)OCC(=O)[C@H]1CC[C@H]2[C@@H]3CCC4=CC(=O)CC[C@]4(C)[C@H]3CC[C@]12C.CC(=O)OCC(=O)[C@H]1CC[C@H]2[C@@H]3CCC4=CC(=O)CC[C@]4(C)[C@H]3CC[C@]12C. The Morgan fingerprint density at radius 1 is 0.537 bits per heavy atom. The minimum absolute atomic E-state index is 0.0282. The Hall–Kier alpha value is -2.90. The van der Waals surface area contributed by atoms with Crippen LogP contribution >= 0.6 is 0 Å². The highest BCUT2D eigenvalue weighted by Gasteiger charge is 2.61. The van der Waals surface area contributed by atoms with Gasteiger partial charge in [0.1, 0.15) is 13.2 Å². The standard InChI is InChI=1S/2C23H32O4/c2*1-14(24)27-13-21(26)20-7-6-18-17-5-4-15-12-16(25)8-10-22(15,2)19(17)9-11-23(18,20)3/h2*12,17-20H,4-11,13H2,1-3H3/t2*17-,18-,19-,20+,22-,23-/m00/s1. The topological polar surface area (TPSA) is 121 Å². The molecule has 0 amide bonds. The van der Waals surface area contributed by atoms with E-state index in [4.69, 9.17) is 9.47 Å². The summed E-state index contributed by atoms with van der Waals surface area (Å²) in [5.74, 6) is 3.90. The average Bonchev–Trinajstić information content (AvgIpc) is 3.67. The summed E-state index contributed by atoms with van der Waals surface area (Å²) in [6, 6.07) is 0. The molecule has 12 atom stereocenters. The molecule has 0 bridgehead atoms. The third-order valence-corrected chi connectivity index (χ3v) is 17.5. The molecular formula is C46H64O8. The second-order valence-electron chi connectivity index (χ2n) is 19.8. The van der Waals surface area contributed by atoms with Crippen molar-refractivity contribution in [3.8, 4) is 0 Å². The number of Topliss-reactive ketones (excluding diaryl/α,β-unsaturated/α-hetero) is 2. The van der Waals surface area contributed by atoms with Crippen molar-refractivity contribution in [2.45, 2.75) is 144 Å². The molecule has 0 aromatic carbocycles. The van der Waals surface area contributed by atoms with Crippen molar-refractivity contribution >= 4 is 35.1 Å². The number of hydrogen-bond donors (Lipinski definition) is 0. The molecule has 8 aliphatic carbocycles. The number of carbonyl (C=O) groups is 6. The highest BCUT2D eigenvalue weighted by Crippen LogP contribution is 2.68. The smallest absolute Gasteiger partial charge is 0.303 e. The first-order valence-electron chi connectivity index (χ1n) is 21.3. The van der Waals surface area contributed by atoms with Gasteiger partial charge in [-0.15, -0.1) is 0 Å². The van der Waals surface area contributed by atoms with Gasteiger partial charge in [-0.25, -0.2) is 0 Å². The molecule has 8 aliphatic rings. The molecule has 8 rings (SSSR count). The van der Waals surface area contributed by atoms with Crippen molar-refractivity contribution < 1.29 is 38.2 Å². The number of fused-ring (bicyclic) bond motifs is 10. The third-order valence-electron chi connectivity index (χ3n) is 17.5. The molecular weight excluding hydrogens is 680 g/mol. The normalized spacial score (nSPS) is 43.2.